The Morgan fingerprint density at radius 2 is 1.87 bits per heavy atom. The number of halogens is 1. The molecule has 162 valence electrons. The number of aryl methyl sites for hydroxylation is 1. The lowest BCUT2D eigenvalue weighted by Crippen LogP contribution is -2.44. The number of pyridine rings is 1. The third kappa shape index (κ3) is 3.14. The number of hydrogen-bond donors (Lipinski definition) is 2. The van der Waals surface area contributed by atoms with E-state index in [1.165, 1.54) is 0 Å². The molecule has 0 bridgehead atoms. The number of amides is 2. The third-order valence-corrected chi connectivity index (χ3v) is 7.53. The molecule has 0 unspecified atom stereocenters. The van der Waals surface area contributed by atoms with Crippen LogP contribution in [0.25, 0.3) is 11.1 Å². The molecule has 5 rings (SSSR count). The molecule has 31 heavy (non-hydrogen) atoms. The molecule has 1 aromatic carbocycles. The Bertz CT molecular complexity index is 1080. The smallest absolute Gasteiger partial charge is 0.227 e. The molecule has 2 aromatic rings. The Kier molecular flexibility index (Phi) is 4.81. The fourth-order valence-corrected chi connectivity index (χ4v) is 5.56. The lowest BCUT2D eigenvalue weighted by atomic mass is 9.77. The zero-order chi connectivity index (χ0) is 21.8. The minimum atomic E-state index is -0.264. The Balaban J connectivity index is 1.58. The molecule has 2 saturated heterocycles. The van der Waals surface area contributed by atoms with Crippen LogP contribution in [0.15, 0.2) is 24.4 Å². The van der Waals surface area contributed by atoms with Crippen LogP contribution in [0.3, 0.4) is 0 Å². The number of hydrogen-bond acceptors (Lipinski definition) is 5. The third-order valence-electron chi connectivity index (χ3n) is 7.16. The molecule has 3 N–H and O–H groups in total. The average Bonchev–Trinajstić information content (AvgIpc) is 3.12. The van der Waals surface area contributed by atoms with E-state index >= 15 is 0 Å². The number of para-hydroxylation sites is 1. The van der Waals surface area contributed by atoms with Crippen molar-refractivity contribution in [2.45, 2.75) is 32.1 Å². The highest BCUT2D eigenvalue weighted by Crippen LogP contribution is 2.47. The van der Waals surface area contributed by atoms with Crippen LogP contribution in [-0.4, -0.2) is 43.5 Å². The van der Waals surface area contributed by atoms with E-state index in [0.717, 1.165) is 60.3 Å². The van der Waals surface area contributed by atoms with Gasteiger partial charge in [-0.2, -0.15) is 0 Å². The molecule has 0 saturated carbocycles. The van der Waals surface area contributed by atoms with Crippen LogP contribution in [0.1, 0.15) is 31.2 Å². The van der Waals surface area contributed by atoms with Crippen molar-refractivity contribution in [2.75, 3.05) is 42.2 Å². The van der Waals surface area contributed by atoms with Crippen molar-refractivity contribution in [2.24, 2.45) is 5.41 Å². The van der Waals surface area contributed by atoms with Gasteiger partial charge in [0, 0.05) is 50.4 Å². The normalized spacial score (nSPS) is 20.2. The van der Waals surface area contributed by atoms with Gasteiger partial charge in [0.15, 0.2) is 0 Å². The van der Waals surface area contributed by atoms with Crippen molar-refractivity contribution in [1.29, 1.82) is 0 Å². The van der Waals surface area contributed by atoms with Gasteiger partial charge in [0.1, 0.15) is 10.8 Å². The molecule has 3 aliphatic heterocycles. The quantitative estimate of drug-likeness (QED) is 0.750. The summed E-state index contributed by atoms with van der Waals surface area (Å²) in [5, 5.41) is 3.41. The number of nitrogen functional groups attached to an aromatic ring is 1. The summed E-state index contributed by atoms with van der Waals surface area (Å²) >= 11 is 6.72. The van der Waals surface area contributed by atoms with Crippen LogP contribution in [0.2, 0.25) is 5.02 Å². The second kappa shape index (κ2) is 7.41. The summed E-state index contributed by atoms with van der Waals surface area (Å²) in [6, 6.07) is 6.09. The molecule has 2 fully saturated rings. The Hall–Kier alpha value is -2.80. The lowest BCUT2D eigenvalue weighted by Gasteiger charge is -2.40. The van der Waals surface area contributed by atoms with Gasteiger partial charge in [-0.25, -0.2) is 4.98 Å². The van der Waals surface area contributed by atoms with Crippen molar-refractivity contribution in [3.63, 3.8) is 0 Å². The topological polar surface area (TPSA) is 91.6 Å². The van der Waals surface area contributed by atoms with E-state index in [2.05, 4.69) is 21.3 Å². The molecule has 7 nitrogen and oxygen atoms in total. The van der Waals surface area contributed by atoms with E-state index in [1.54, 1.807) is 11.1 Å². The van der Waals surface area contributed by atoms with Crippen molar-refractivity contribution >= 4 is 40.6 Å². The lowest BCUT2D eigenvalue weighted by molar-refractivity contribution is -0.128. The van der Waals surface area contributed by atoms with Gasteiger partial charge in [0.2, 0.25) is 11.8 Å². The average molecular weight is 440 g/mol. The first-order valence-corrected chi connectivity index (χ1v) is 11.2. The largest absolute Gasteiger partial charge is 0.382 e. The first-order valence-electron chi connectivity index (χ1n) is 10.8. The van der Waals surface area contributed by atoms with E-state index in [1.807, 2.05) is 19.2 Å². The predicted octanol–water partition coefficient (Wildman–Crippen LogP) is 3.00. The number of fused-ring (bicyclic) bond motifs is 1. The number of anilines is 3. The van der Waals surface area contributed by atoms with Crippen molar-refractivity contribution in [1.82, 2.24) is 10.3 Å². The van der Waals surface area contributed by atoms with Crippen molar-refractivity contribution < 1.29 is 9.59 Å². The molecule has 8 heteroatoms. The zero-order valence-corrected chi connectivity index (χ0v) is 18.3. The molecule has 0 radical (unpaired) electrons. The highest BCUT2D eigenvalue weighted by molar-refractivity contribution is 6.36. The Labute approximate surface area is 186 Å². The van der Waals surface area contributed by atoms with Crippen LogP contribution in [0, 0.1) is 5.41 Å². The standard InChI is InChI=1S/C23H26ClN5O2/c1-28-17(30)6-5-14-3-2-4-15(19(14)28)16-13-27-21(25)18(24)20(16)29-11-8-23(9-12-29)7-10-26-22(23)31/h2-4,13H,5-12H2,1H3,(H2,25,27)(H,26,31). The summed E-state index contributed by atoms with van der Waals surface area (Å²) in [6.45, 7) is 2.18. The van der Waals surface area contributed by atoms with E-state index in [-0.39, 0.29) is 23.0 Å². The van der Waals surface area contributed by atoms with E-state index in [4.69, 9.17) is 17.3 Å². The van der Waals surface area contributed by atoms with Crippen molar-refractivity contribution in [3.8, 4) is 11.1 Å². The summed E-state index contributed by atoms with van der Waals surface area (Å²) in [7, 11) is 1.82. The van der Waals surface area contributed by atoms with Crippen LogP contribution in [0.5, 0.6) is 0 Å². The number of aromatic nitrogens is 1. The van der Waals surface area contributed by atoms with Crippen LogP contribution >= 0.6 is 11.6 Å². The maximum atomic E-state index is 12.4. The summed E-state index contributed by atoms with van der Waals surface area (Å²) in [6.07, 6.45) is 5.43. The summed E-state index contributed by atoms with van der Waals surface area (Å²) in [5.41, 5.74) is 10.5. The molecule has 0 atom stereocenters. The molecule has 1 aromatic heterocycles. The van der Waals surface area contributed by atoms with Crippen LogP contribution < -0.4 is 20.9 Å². The highest BCUT2D eigenvalue weighted by Gasteiger charge is 2.45. The van der Waals surface area contributed by atoms with E-state index < -0.39 is 0 Å². The van der Waals surface area contributed by atoms with E-state index in [9.17, 15) is 9.59 Å². The molecule has 1 spiro atoms. The van der Waals surface area contributed by atoms with Crippen molar-refractivity contribution in [3.05, 3.63) is 35.0 Å². The molecule has 3 aliphatic rings. The number of carbonyl (C=O) groups is 2. The summed E-state index contributed by atoms with van der Waals surface area (Å²) in [5.74, 6) is 0.557. The predicted molar refractivity (Wildman–Crippen MR) is 122 cm³/mol. The molecular formula is C23H26ClN5O2. The number of nitrogens with zero attached hydrogens (tertiary/aromatic N) is 3. The Morgan fingerprint density at radius 1 is 1.10 bits per heavy atom. The monoisotopic (exact) mass is 439 g/mol. The maximum Gasteiger partial charge on any atom is 0.227 e. The van der Waals surface area contributed by atoms with Gasteiger partial charge >= 0.3 is 0 Å². The Morgan fingerprint density at radius 3 is 2.58 bits per heavy atom. The zero-order valence-electron chi connectivity index (χ0n) is 17.6. The second-order valence-corrected chi connectivity index (χ2v) is 9.14. The van der Waals surface area contributed by atoms with Gasteiger partial charge in [-0.15, -0.1) is 0 Å². The van der Waals surface area contributed by atoms with Crippen LogP contribution in [0.4, 0.5) is 17.2 Å². The fraction of sp³-hybridized carbons (Fsp3) is 0.435. The number of benzene rings is 1. The van der Waals surface area contributed by atoms with Gasteiger partial charge in [-0.3, -0.25) is 9.59 Å². The summed E-state index contributed by atoms with van der Waals surface area (Å²) in [4.78, 5) is 33.1. The van der Waals surface area contributed by atoms with Gasteiger partial charge in [-0.1, -0.05) is 29.8 Å². The van der Waals surface area contributed by atoms with Gasteiger partial charge in [0.25, 0.3) is 0 Å². The number of rotatable bonds is 2. The first kappa shape index (κ1) is 20.1. The number of nitrogens with one attached hydrogen (secondary N) is 1. The first-order chi connectivity index (χ1) is 14.9. The highest BCUT2D eigenvalue weighted by atomic mass is 35.5. The SMILES string of the molecule is CN1C(=O)CCc2cccc(-c3cnc(N)c(Cl)c3N3CCC4(CCNC4=O)CC3)c21. The van der Waals surface area contributed by atoms with Gasteiger partial charge in [-0.05, 0) is 31.2 Å². The molecule has 4 heterocycles. The summed E-state index contributed by atoms with van der Waals surface area (Å²) < 4.78 is 0. The van der Waals surface area contributed by atoms with Gasteiger partial charge < -0.3 is 20.9 Å². The number of piperidine rings is 1. The molecule has 0 aliphatic carbocycles. The number of nitrogens with two attached hydrogens (primary N) is 1. The second-order valence-electron chi connectivity index (χ2n) is 8.76. The number of carbonyl (C=O) groups excluding carboxylic acids is 2. The van der Waals surface area contributed by atoms with E-state index in [0.29, 0.717) is 24.5 Å². The fourth-order valence-electron chi connectivity index (χ4n) is 5.29. The minimum absolute atomic E-state index is 0.100. The molecule has 2 amide bonds. The van der Waals surface area contributed by atoms with Crippen LogP contribution in [-0.2, 0) is 16.0 Å². The maximum absolute atomic E-state index is 12.4. The molecular weight excluding hydrogens is 414 g/mol. The van der Waals surface area contributed by atoms with Gasteiger partial charge in [0.05, 0.1) is 16.8 Å². The minimum Gasteiger partial charge on any atom is -0.382 e.